The van der Waals surface area contributed by atoms with E-state index in [2.05, 4.69) is 77.4 Å². The third-order valence-electron chi connectivity index (χ3n) is 7.09. The van der Waals surface area contributed by atoms with Crippen LogP contribution in [0.5, 0.6) is 0 Å². The van der Waals surface area contributed by atoms with Gasteiger partial charge in [-0.25, -0.2) is 0 Å². The van der Waals surface area contributed by atoms with Gasteiger partial charge in [0.05, 0.1) is 22.4 Å². The highest BCUT2D eigenvalue weighted by Crippen LogP contribution is 2.40. The highest BCUT2D eigenvalue weighted by Gasteiger charge is 2.55. The SMILES string of the molecule is CC1(C)OB(c2ccc(N3C=CC=NC3B3OC(C)(C)C(C)(C)O3)cc2)OC1(C)C. The number of benzene rings is 1. The van der Waals surface area contributed by atoms with Gasteiger partial charge in [0.25, 0.3) is 0 Å². The standard InChI is InChI=1S/C22H32B2N2O4/c1-19(2)20(3,4)28-23(27-19)16-10-12-17(13-11-16)26-15-9-14-25-18(26)24-29-21(5,6)22(7,8)30-24/h9-15,18H,1-8H3. The average molecular weight is 410 g/mol. The zero-order valence-electron chi connectivity index (χ0n) is 19.3. The Kier molecular flexibility index (Phi) is 5.01. The summed E-state index contributed by atoms with van der Waals surface area (Å²) in [6.07, 6.45) is 5.72. The van der Waals surface area contributed by atoms with Crippen LogP contribution in [-0.2, 0) is 18.6 Å². The zero-order chi connectivity index (χ0) is 21.9. The van der Waals surface area contributed by atoms with Gasteiger partial charge in [-0.1, -0.05) is 12.1 Å². The summed E-state index contributed by atoms with van der Waals surface area (Å²) in [6, 6.07) is 7.92. The monoisotopic (exact) mass is 410 g/mol. The van der Waals surface area contributed by atoms with Gasteiger partial charge in [-0.15, -0.1) is 0 Å². The predicted molar refractivity (Wildman–Crippen MR) is 122 cm³/mol. The van der Waals surface area contributed by atoms with E-state index < -0.39 is 18.3 Å². The van der Waals surface area contributed by atoms with E-state index in [0.29, 0.717) is 0 Å². The molecule has 0 amide bonds. The minimum Gasteiger partial charge on any atom is -0.401 e. The van der Waals surface area contributed by atoms with E-state index in [0.717, 1.165) is 11.2 Å². The van der Waals surface area contributed by atoms with Crippen molar-refractivity contribution in [2.75, 3.05) is 4.90 Å². The maximum absolute atomic E-state index is 6.25. The molecule has 0 N–H and O–H groups in total. The van der Waals surface area contributed by atoms with Crippen molar-refractivity contribution in [3.05, 3.63) is 36.5 Å². The number of anilines is 1. The van der Waals surface area contributed by atoms with Crippen LogP contribution in [0.25, 0.3) is 0 Å². The van der Waals surface area contributed by atoms with Crippen LogP contribution in [0.15, 0.2) is 41.5 Å². The lowest BCUT2D eigenvalue weighted by Crippen LogP contribution is -2.46. The van der Waals surface area contributed by atoms with E-state index in [1.165, 1.54) is 0 Å². The van der Waals surface area contributed by atoms with Gasteiger partial charge >= 0.3 is 14.2 Å². The van der Waals surface area contributed by atoms with E-state index >= 15 is 0 Å². The second-order valence-corrected chi connectivity index (χ2v) is 10.3. The maximum Gasteiger partial charge on any atom is 0.506 e. The Labute approximate surface area is 180 Å². The molecule has 6 nitrogen and oxygen atoms in total. The van der Waals surface area contributed by atoms with Crippen molar-refractivity contribution in [1.82, 2.24) is 0 Å². The highest BCUT2D eigenvalue weighted by molar-refractivity contribution is 6.62. The van der Waals surface area contributed by atoms with Crippen LogP contribution in [0.1, 0.15) is 55.4 Å². The fraction of sp³-hybridized carbons (Fsp3) is 0.591. The van der Waals surface area contributed by atoms with Crippen LogP contribution in [0.4, 0.5) is 5.69 Å². The van der Waals surface area contributed by atoms with Gasteiger partial charge in [0.15, 0.2) is 6.07 Å². The summed E-state index contributed by atoms with van der Waals surface area (Å²) in [5, 5.41) is 0. The summed E-state index contributed by atoms with van der Waals surface area (Å²) in [4.78, 5) is 6.73. The number of aliphatic imine (C=N–C) groups is 1. The summed E-state index contributed by atoms with van der Waals surface area (Å²) in [5.74, 6) is 0. The first-order valence-electron chi connectivity index (χ1n) is 10.6. The van der Waals surface area contributed by atoms with E-state index in [1.54, 1.807) is 6.21 Å². The van der Waals surface area contributed by atoms with Gasteiger partial charge in [-0.2, -0.15) is 0 Å². The summed E-state index contributed by atoms with van der Waals surface area (Å²) < 4.78 is 24.8. The average Bonchev–Trinajstić information content (AvgIpc) is 3.01. The van der Waals surface area contributed by atoms with Crippen molar-refractivity contribution < 1.29 is 18.6 Å². The van der Waals surface area contributed by atoms with E-state index in [-0.39, 0.29) is 24.4 Å². The van der Waals surface area contributed by atoms with Crippen molar-refractivity contribution in [1.29, 1.82) is 0 Å². The lowest BCUT2D eigenvalue weighted by molar-refractivity contribution is 0.00578. The number of nitrogens with zero attached hydrogens (tertiary/aromatic N) is 2. The minimum atomic E-state index is -0.459. The maximum atomic E-state index is 6.25. The highest BCUT2D eigenvalue weighted by atomic mass is 16.7. The second-order valence-electron chi connectivity index (χ2n) is 10.3. The molecule has 0 saturated carbocycles. The lowest BCUT2D eigenvalue weighted by Gasteiger charge is -2.32. The van der Waals surface area contributed by atoms with Crippen LogP contribution in [0.2, 0.25) is 0 Å². The van der Waals surface area contributed by atoms with Gasteiger partial charge in [0, 0.05) is 18.1 Å². The molecule has 3 heterocycles. The lowest BCUT2D eigenvalue weighted by atomic mass is 9.79. The Morgan fingerprint density at radius 3 is 1.80 bits per heavy atom. The fourth-order valence-corrected chi connectivity index (χ4v) is 3.66. The molecule has 2 fully saturated rings. The van der Waals surface area contributed by atoms with E-state index in [9.17, 15) is 0 Å². The molecule has 4 rings (SSSR count). The predicted octanol–water partition coefficient (Wildman–Crippen LogP) is 3.35. The molecule has 1 aromatic carbocycles. The molecule has 0 aromatic heterocycles. The van der Waals surface area contributed by atoms with Gasteiger partial charge < -0.3 is 23.5 Å². The summed E-state index contributed by atoms with van der Waals surface area (Å²) >= 11 is 0. The molecule has 8 heteroatoms. The molecule has 3 aliphatic heterocycles. The largest absolute Gasteiger partial charge is 0.506 e. The Morgan fingerprint density at radius 2 is 1.27 bits per heavy atom. The van der Waals surface area contributed by atoms with Gasteiger partial charge in [-0.05, 0) is 79.1 Å². The first-order valence-corrected chi connectivity index (χ1v) is 10.6. The van der Waals surface area contributed by atoms with Crippen molar-refractivity contribution in [3.63, 3.8) is 0 Å². The van der Waals surface area contributed by atoms with Crippen molar-refractivity contribution >= 4 is 31.6 Å². The van der Waals surface area contributed by atoms with Crippen LogP contribution in [0, 0.1) is 0 Å². The van der Waals surface area contributed by atoms with Crippen LogP contribution >= 0.6 is 0 Å². The third kappa shape index (κ3) is 3.54. The Bertz CT molecular complexity index is 832. The number of rotatable bonds is 3. The Morgan fingerprint density at radius 1 is 0.767 bits per heavy atom. The van der Waals surface area contributed by atoms with Crippen LogP contribution < -0.4 is 10.4 Å². The molecule has 1 atom stereocenters. The second kappa shape index (κ2) is 6.95. The summed E-state index contributed by atoms with van der Waals surface area (Å²) in [5.41, 5.74) is 0.476. The first kappa shape index (κ1) is 21.6. The molecule has 0 aliphatic carbocycles. The summed E-state index contributed by atoms with van der Waals surface area (Å²) in [6.45, 7) is 16.5. The number of hydrogen-bond acceptors (Lipinski definition) is 6. The molecular weight excluding hydrogens is 378 g/mol. The molecule has 3 aliphatic rings. The smallest absolute Gasteiger partial charge is 0.401 e. The molecule has 1 aromatic rings. The third-order valence-corrected chi connectivity index (χ3v) is 7.09. The molecule has 160 valence electrons. The first-order chi connectivity index (χ1) is 13.8. The van der Waals surface area contributed by atoms with Crippen LogP contribution in [0.3, 0.4) is 0 Å². The van der Waals surface area contributed by atoms with Crippen molar-refractivity contribution in [3.8, 4) is 0 Å². The molecule has 1 unspecified atom stereocenters. The van der Waals surface area contributed by atoms with Crippen molar-refractivity contribution in [2.24, 2.45) is 4.99 Å². The minimum absolute atomic E-state index is 0.293. The number of hydrogen-bond donors (Lipinski definition) is 0. The molecule has 30 heavy (non-hydrogen) atoms. The quantitative estimate of drug-likeness (QED) is 0.716. The van der Waals surface area contributed by atoms with Crippen LogP contribution in [-0.4, -0.2) is 48.9 Å². The van der Waals surface area contributed by atoms with Gasteiger partial charge in [0.2, 0.25) is 0 Å². The van der Waals surface area contributed by atoms with E-state index in [4.69, 9.17) is 18.6 Å². The summed E-state index contributed by atoms with van der Waals surface area (Å²) in [7, 11) is -0.836. The molecular formula is C22H32B2N2O4. The zero-order valence-corrected chi connectivity index (χ0v) is 19.3. The molecule has 2 saturated heterocycles. The number of allylic oxidation sites excluding steroid dienone is 1. The Hall–Kier alpha value is -1.60. The van der Waals surface area contributed by atoms with Gasteiger partial charge in [0.1, 0.15) is 0 Å². The Balaban J connectivity index is 1.54. The molecule has 0 radical (unpaired) electrons. The van der Waals surface area contributed by atoms with E-state index in [1.807, 2.05) is 24.4 Å². The normalized spacial score (nSPS) is 28.4. The van der Waals surface area contributed by atoms with Crippen molar-refractivity contribution in [2.45, 2.75) is 83.9 Å². The molecule has 0 bridgehead atoms. The molecule has 0 spiro atoms. The topological polar surface area (TPSA) is 52.5 Å². The fourth-order valence-electron chi connectivity index (χ4n) is 3.66. The van der Waals surface area contributed by atoms with Gasteiger partial charge in [-0.3, -0.25) is 4.99 Å².